The topological polar surface area (TPSA) is 42.0 Å². The van der Waals surface area contributed by atoms with E-state index in [0.29, 0.717) is 5.56 Å². The van der Waals surface area contributed by atoms with Crippen molar-refractivity contribution in [3.8, 4) is 0 Å². The summed E-state index contributed by atoms with van der Waals surface area (Å²) in [5.74, 6) is 0.0429. The van der Waals surface area contributed by atoms with E-state index >= 15 is 0 Å². The van der Waals surface area contributed by atoms with Gasteiger partial charge in [-0.2, -0.15) is 0 Å². The largest absolute Gasteiger partial charge is 0.353 e. The molecule has 0 aliphatic rings. The van der Waals surface area contributed by atoms with Crippen LogP contribution in [0.4, 0.5) is 11.4 Å². The summed E-state index contributed by atoms with van der Waals surface area (Å²) in [6.45, 7) is 1.57. The number of ketones is 1. The van der Waals surface area contributed by atoms with Crippen molar-refractivity contribution >= 4 is 28.1 Å². The van der Waals surface area contributed by atoms with Gasteiger partial charge >= 0.3 is 0 Å². The van der Waals surface area contributed by atoms with Crippen LogP contribution in [-0.2, 0) is 0 Å². The fraction of sp³-hybridized carbons (Fsp3) is 0.0588. The van der Waals surface area contributed by atoms with E-state index < -0.39 is 0 Å². The molecule has 3 aromatic rings. The number of aromatic nitrogens is 1. The van der Waals surface area contributed by atoms with E-state index in [2.05, 4.69) is 10.3 Å². The van der Waals surface area contributed by atoms with Gasteiger partial charge in [-0.1, -0.05) is 30.3 Å². The SMILES string of the molecule is CC(=O)c1ccccc1Nc1cccc2cccnc12. The van der Waals surface area contributed by atoms with Crippen LogP contribution in [0.1, 0.15) is 17.3 Å². The molecule has 3 rings (SSSR count). The van der Waals surface area contributed by atoms with Crippen LogP contribution in [-0.4, -0.2) is 10.8 Å². The summed E-state index contributed by atoms with van der Waals surface area (Å²) in [5.41, 5.74) is 3.28. The van der Waals surface area contributed by atoms with Crippen molar-refractivity contribution in [2.24, 2.45) is 0 Å². The zero-order valence-corrected chi connectivity index (χ0v) is 11.1. The quantitative estimate of drug-likeness (QED) is 0.720. The first-order valence-corrected chi connectivity index (χ1v) is 6.46. The summed E-state index contributed by atoms with van der Waals surface area (Å²) in [7, 11) is 0. The number of hydrogen-bond donors (Lipinski definition) is 1. The molecule has 1 aromatic heterocycles. The van der Waals surface area contributed by atoms with E-state index in [1.165, 1.54) is 0 Å². The highest BCUT2D eigenvalue weighted by molar-refractivity contribution is 6.01. The van der Waals surface area contributed by atoms with Gasteiger partial charge in [-0.25, -0.2) is 0 Å². The van der Waals surface area contributed by atoms with Gasteiger partial charge in [0.2, 0.25) is 0 Å². The Labute approximate surface area is 117 Å². The third-order valence-electron chi connectivity index (χ3n) is 3.21. The normalized spacial score (nSPS) is 10.4. The van der Waals surface area contributed by atoms with E-state index in [1.54, 1.807) is 13.1 Å². The molecule has 0 amide bonds. The predicted molar refractivity (Wildman–Crippen MR) is 81.5 cm³/mol. The van der Waals surface area contributed by atoms with E-state index in [9.17, 15) is 4.79 Å². The summed E-state index contributed by atoms with van der Waals surface area (Å²) in [5, 5.41) is 4.38. The van der Waals surface area contributed by atoms with E-state index in [4.69, 9.17) is 0 Å². The summed E-state index contributed by atoms with van der Waals surface area (Å²) >= 11 is 0. The molecule has 0 radical (unpaired) electrons. The molecule has 0 aliphatic carbocycles. The van der Waals surface area contributed by atoms with Gasteiger partial charge in [-0.05, 0) is 31.2 Å². The van der Waals surface area contributed by atoms with Gasteiger partial charge in [-0.3, -0.25) is 9.78 Å². The van der Waals surface area contributed by atoms with Crippen LogP contribution in [0, 0.1) is 0 Å². The smallest absolute Gasteiger partial charge is 0.161 e. The number of hydrogen-bond acceptors (Lipinski definition) is 3. The average molecular weight is 262 g/mol. The number of pyridine rings is 1. The Bertz CT molecular complexity index is 775. The Morgan fingerprint density at radius 2 is 1.70 bits per heavy atom. The van der Waals surface area contributed by atoms with Crippen molar-refractivity contribution in [2.45, 2.75) is 6.92 Å². The van der Waals surface area contributed by atoms with Crippen molar-refractivity contribution < 1.29 is 4.79 Å². The number of fused-ring (bicyclic) bond motifs is 1. The number of benzene rings is 2. The monoisotopic (exact) mass is 262 g/mol. The summed E-state index contributed by atoms with van der Waals surface area (Å²) < 4.78 is 0. The number of carbonyl (C=O) groups excluding carboxylic acids is 1. The standard InChI is InChI=1S/C17H14N2O/c1-12(20)14-8-2-3-9-15(14)19-16-10-4-6-13-7-5-11-18-17(13)16/h2-11,19H,1H3. The third kappa shape index (κ3) is 2.26. The van der Waals surface area contributed by atoms with Gasteiger partial charge in [0.1, 0.15) is 0 Å². The summed E-state index contributed by atoms with van der Waals surface area (Å²) in [4.78, 5) is 16.1. The van der Waals surface area contributed by atoms with Crippen molar-refractivity contribution in [2.75, 3.05) is 5.32 Å². The maximum atomic E-state index is 11.7. The fourth-order valence-corrected chi connectivity index (χ4v) is 2.25. The Morgan fingerprint density at radius 3 is 2.55 bits per heavy atom. The molecule has 0 aliphatic heterocycles. The first-order valence-electron chi connectivity index (χ1n) is 6.46. The number of anilines is 2. The molecule has 0 saturated heterocycles. The van der Waals surface area contributed by atoms with E-state index in [1.807, 2.05) is 54.6 Å². The maximum Gasteiger partial charge on any atom is 0.161 e. The molecule has 0 atom stereocenters. The minimum Gasteiger partial charge on any atom is -0.353 e. The number of para-hydroxylation sites is 2. The lowest BCUT2D eigenvalue weighted by Crippen LogP contribution is -2.00. The molecule has 98 valence electrons. The highest BCUT2D eigenvalue weighted by Crippen LogP contribution is 2.26. The molecule has 1 N–H and O–H groups in total. The van der Waals surface area contributed by atoms with Gasteiger partial charge in [-0.15, -0.1) is 0 Å². The zero-order valence-electron chi connectivity index (χ0n) is 11.1. The van der Waals surface area contributed by atoms with Crippen LogP contribution in [0.2, 0.25) is 0 Å². The molecule has 20 heavy (non-hydrogen) atoms. The molecular formula is C17H14N2O. The lowest BCUT2D eigenvalue weighted by atomic mass is 10.1. The summed E-state index contributed by atoms with van der Waals surface area (Å²) in [6, 6.07) is 17.4. The Balaban J connectivity index is 2.08. The molecule has 0 fully saturated rings. The average Bonchev–Trinajstić information content (AvgIpc) is 2.48. The second-order valence-corrected chi connectivity index (χ2v) is 4.61. The van der Waals surface area contributed by atoms with Crippen LogP contribution < -0.4 is 5.32 Å². The van der Waals surface area contributed by atoms with Crippen LogP contribution in [0.5, 0.6) is 0 Å². The third-order valence-corrected chi connectivity index (χ3v) is 3.21. The van der Waals surface area contributed by atoms with Crippen LogP contribution in [0.3, 0.4) is 0 Å². The van der Waals surface area contributed by atoms with Crippen molar-refractivity contribution in [1.29, 1.82) is 0 Å². The molecule has 0 unspecified atom stereocenters. The van der Waals surface area contributed by atoms with E-state index in [0.717, 1.165) is 22.3 Å². The van der Waals surface area contributed by atoms with Crippen LogP contribution in [0.25, 0.3) is 10.9 Å². The second kappa shape index (κ2) is 5.13. The molecule has 3 nitrogen and oxygen atoms in total. The van der Waals surface area contributed by atoms with Gasteiger partial charge in [0.25, 0.3) is 0 Å². The van der Waals surface area contributed by atoms with Crippen LogP contribution >= 0.6 is 0 Å². The number of rotatable bonds is 3. The molecule has 0 spiro atoms. The second-order valence-electron chi connectivity index (χ2n) is 4.61. The van der Waals surface area contributed by atoms with Crippen LogP contribution in [0.15, 0.2) is 60.8 Å². The van der Waals surface area contributed by atoms with Crippen molar-refractivity contribution in [3.05, 3.63) is 66.4 Å². The Morgan fingerprint density at radius 1 is 0.950 bits per heavy atom. The Hall–Kier alpha value is -2.68. The Kier molecular flexibility index (Phi) is 3.17. The van der Waals surface area contributed by atoms with Crippen molar-refractivity contribution in [1.82, 2.24) is 4.98 Å². The summed E-state index contributed by atoms with van der Waals surface area (Å²) in [6.07, 6.45) is 1.77. The molecule has 0 saturated carbocycles. The fourth-order valence-electron chi connectivity index (χ4n) is 2.25. The highest BCUT2D eigenvalue weighted by atomic mass is 16.1. The first kappa shape index (κ1) is 12.4. The molecule has 2 aromatic carbocycles. The van der Waals surface area contributed by atoms with Gasteiger partial charge in [0.15, 0.2) is 5.78 Å². The van der Waals surface area contributed by atoms with Gasteiger partial charge < -0.3 is 5.32 Å². The molecule has 1 heterocycles. The van der Waals surface area contributed by atoms with E-state index in [-0.39, 0.29) is 5.78 Å². The number of carbonyl (C=O) groups is 1. The minimum atomic E-state index is 0.0429. The lowest BCUT2D eigenvalue weighted by Gasteiger charge is -2.11. The maximum absolute atomic E-state index is 11.7. The number of nitrogens with zero attached hydrogens (tertiary/aromatic N) is 1. The van der Waals surface area contributed by atoms with Gasteiger partial charge in [0, 0.05) is 22.8 Å². The van der Waals surface area contributed by atoms with Gasteiger partial charge in [0.05, 0.1) is 11.2 Å². The zero-order chi connectivity index (χ0) is 13.9. The molecule has 0 bridgehead atoms. The minimum absolute atomic E-state index is 0.0429. The number of nitrogens with one attached hydrogen (secondary N) is 1. The first-order chi connectivity index (χ1) is 9.75. The predicted octanol–water partition coefficient (Wildman–Crippen LogP) is 4.18. The highest BCUT2D eigenvalue weighted by Gasteiger charge is 2.08. The number of Topliss-reactive ketones (excluding diaryl/α,β-unsaturated/α-hetero) is 1. The molecule has 3 heteroatoms. The lowest BCUT2D eigenvalue weighted by molar-refractivity contribution is 0.101. The van der Waals surface area contributed by atoms with Crippen molar-refractivity contribution in [3.63, 3.8) is 0 Å². The molecular weight excluding hydrogens is 248 g/mol.